The molecule has 1 unspecified atom stereocenters. The molecule has 1 aromatic heterocycles. The van der Waals surface area contributed by atoms with Crippen molar-refractivity contribution in [1.82, 2.24) is 9.78 Å². The average Bonchev–Trinajstić information content (AvgIpc) is 2.98. The van der Waals surface area contributed by atoms with E-state index in [1.165, 1.54) is 7.11 Å². The van der Waals surface area contributed by atoms with Crippen LogP contribution in [0, 0.1) is 17.2 Å². The van der Waals surface area contributed by atoms with Crippen LogP contribution in [0.1, 0.15) is 47.4 Å². The Labute approximate surface area is 142 Å². The van der Waals surface area contributed by atoms with Crippen molar-refractivity contribution in [2.24, 2.45) is 5.92 Å². The van der Waals surface area contributed by atoms with Crippen LogP contribution < -0.4 is 0 Å². The second-order valence-corrected chi connectivity index (χ2v) is 6.05. The highest BCUT2D eigenvalue weighted by Gasteiger charge is 2.18. The number of carbonyl (C=O) groups excluding carboxylic acids is 1. The van der Waals surface area contributed by atoms with E-state index in [0.29, 0.717) is 24.4 Å². The molecule has 0 spiro atoms. The van der Waals surface area contributed by atoms with Gasteiger partial charge in [-0.3, -0.25) is 4.68 Å². The van der Waals surface area contributed by atoms with E-state index in [2.05, 4.69) is 25.0 Å². The van der Waals surface area contributed by atoms with Crippen LogP contribution in [-0.2, 0) is 24.1 Å². The Kier molecular flexibility index (Phi) is 6.14. The van der Waals surface area contributed by atoms with Crippen molar-refractivity contribution in [2.75, 3.05) is 7.11 Å². The summed E-state index contributed by atoms with van der Waals surface area (Å²) in [6, 6.07) is 10.0. The minimum absolute atomic E-state index is 0.344. The molecule has 24 heavy (non-hydrogen) atoms. The largest absolute Gasteiger partial charge is 0.465 e. The van der Waals surface area contributed by atoms with Gasteiger partial charge in [0.1, 0.15) is 5.56 Å². The molecule has 1 atom stereocenters. The first-order chi connectivity index (χ1) is 11.6. The van der Waals surface area contributed by atoms with Gasteiger partial charge in [0, 0.05) is 6.20 Å². The van der Waals surface area contributed by atoms with Crippen LogP contribution >= 0.6 is 0 Å². The van der Waals surface area contributed by atoms with Gasteiger partial charge in [-0.05, 0) is 23.5 Å². The Bertz CT molecular complexity index is 726. The van der Waals surface area contributed by atoms with Crippen molar-refractivity contribution in [3.63, 3.8) is 0 Å². The Morgan fingerprint density at radius 1 is 1.33 bits per heavy atom. The summed E-state index contributed by atoms with van der Waals surface area (Å²) >= 11 is 0. The van der Waals surface area contributed by atoms with Gasteiger partial charge in [-0.2, -0.15) is 10.4 Å². The minimum atomic E-state index is -0.344. The van der Waals surface area contributed by atoms with Crippen molar-refractivity contribution in [3.05, 3.63) is 52.8 Å². The quantitative estimate of drug-likeness (QED) is 0.732. The molecule has 0 aliphatic heterocycles. The molecular formula is C19H23N3O2. The zero-order valence-corrected chi connectivity index (χ0v) is 14.5. The highest BCUT2D eigenvalue weighted by Crippen LogP contribution is 2.17. The third kappa shape index (κ3) is 4.45. The third-order valence-electron chi connectivity index (χ3n) is 4.13. The fourth-order valence-electron chi connectivity index (χ4n) is 2.49. The molecule has 0 saturated carbocycles. The normalized spacial score (nSPS) is 11.8. The van der Waals surface area contributed by atoms with Gasteiger partial charge in [0.25, 0.3) is 0 Å². The van der Waals surface area contributed by atoms with Gasteiger partial charge in [0.15, 0.2) is 0 Å². The molecule has 0 aliphatic carbocycles. The maximum atomic E-state index is 12.0. The van der Waals surface area contributed by atoms with E-state index in [-0.39, 0.29) is 5.97 Å². The Morgan fingerprint density at radius 3 is 2.58 bits per heavy atom. The fourth-order valence-corrected chi connectivity index (χ4v) is 2.49. The van der Waals surface area contributed by atoms with E-state index in [1.54, 1.807) is 10.9 Å². The average molecular weight is 325 g/mol. The molecule has 2 rings (SSSR count). The lowest BCUT2D eigenvalue weighted by Gasteiger charge is -2.07. The molecule has 0 radical (unpaired) electrons. The zero-order valence-electron chi connectivity index (χ0n) is 14.5. The highest BCUT2D eigenvalue weighted by molar-refractivity contribution is 5.90. The van der Waals surface area contributed by atoms with Gasteiger partial charge >= 0.3 is 5.97 Å². The molecule has 0 N–H and O–H groups in total. The second kappa shape index (κ2) is 8.30. The maximum absolute atomic E-state index is 12.0. The van der Waals surface area contributed by atoms with Crippen molar-refractivity contribution in [1.29, 1.82) is 5.26 Å². The molecular weight excluding hydrogens is 302 g/mol. The SMILES string of the molecule is CCC(C)Cc1nn(Cc2ccc(CC#N)cc2)cc1C(=O)OC. The molecule has 126 valence electrons. The Morgan fingerprint density at radius 2 is 2.00 bits per heavy atom. The molecule has 1 aromatic carbocycles. The molecule has 0 amide bonds. The molecule has 0 aliphatic rings. The smallest absolute Gasteiger partial charge is 0.341 e. The van der Waals surface area contributed by atoms with Gasteiger partial charge in [0.2, 0.25) is 0 Å². The number of esters is 1. The summed E-state index contributed by atoms with van der Waals surface area (Å²) in [6.07, 6.45) is 3.96. The van der Waals surface area contributed by atoms with Gasteiger partial charge < -0.3 is 4.74 Å². The molecule has 5 nitrogen and oxygen atoms in total. The lowest BCUT2D eigenvalue weighted by atomic mass is 10.0. The number of benzene rings is 1. The van der Waals surface area contributed by atoms with Crippen molar-refractivity contribution in [2.45, 2.75) is 39.7 Å². The Hall–Kier alpha value is -2.61. The van der Waals surface area contributed by atoms with E-state index in [4.69, 9.17) is 10.00 Å². The number of hydrogen-bond acceptors (Lipinski definition) is 4. The van der Waals surface area contributed by atoms with Crippen LogP contribution in [0.15, 0.2) is 30.5 Å². The molecule has 0 fully saturated rings. The first-order valence-electron chi connectivity index (χ1n) is 8.16. The van der Waals surface area contributed by atoms with Crippen LogP contribution in [0.5, 0.6) is 0 Å². The standard InChI is InChI=1S/C19H23N3O2/c1-4-14(2)11-18-17(19(23)24-3)13-22(21-18)12-16-7-5-15(6-8-16)9-10-20/h5-8,13-14H,4,9,11-12H2,1-3H3. The number of carbonyl (C=O) groups is 1. The van der Waals surface area contributed by atoms with Crippen LogP contribution in [0.3, 0.4) is 0 Å². The summed E-state index contributed by atoms with van der Waals surface area (Å²) in [5, 5.41) is 13.3. The van der Waals surface area contributed by atoms with Crippen LogP contribution in [0.4, 0.5) is 0 Å². The summed E-state index contributed by atoms with van der Waals surface area (Å²) in [7, 11) is 1.39. The molecule has 5 heteroatoms. The molecule has 0 saturated heterocycles. The maximum Gasteiger partial charge on any atom is 0.341 e. The van der Waals surface area contributed by atoms with Crippen molar-refractivity contribution >= 4 is 5.97 Å². The van der Waals surface area contributed by atoms with Crippen LogP contribution in [-0.4, -0.2) is 22.9 Å². The monoisotopic (exact) mass is 325 g/mol. The summed E-state index contributed by atoms with van der Waals surface area (Å²) in [6.45, 7) is 4.85. The third-order valence-corrected chi connectivity index (χ3v) is 4.13. The fraction of sp³-hybridized carbons (Fsp3) is 0.421. The first-order valence-corrected chi connectivity index (χ1v) is 8.16. The molecule has 2 aromatic rings. The van der Waals surface area contributed by atoms with E-state index < -0.39 is 0 Å². The highest BCUT2D eigenvalue weighted by atomic mass is 16.5. The van der Waals surface area contributed by atoms with Crippen LogP contribution in [0.25, 0.3) is 0 Å². The predicted molar refractivity (Wildman–Crippen MR) is 91.6 cm³/mol. The summed E-state index contributed by atoms with van der Waals surface area (Å²) in [5.41, 5.74) is 3.40. The van der Waals surface area contributed by atoms with E-state index in [9.17, 15) is 4.79 Å². The van der Waals surface area contributed by atoms with E-state index >= 15 is 0 Å². The number of nitriles is 1. The summed E-state index contributed by atoms with van der Waals surface area (Å²) in [4.78, 5) is 12.0. The number of hydrogen-bond donors (Lipinski definition) is 0. The zero-order chi connectivity index (χ0) is 17.5. The van der Waals surface area contributed by atoms with Gasteiger partial charge in [-0.1, -0.05) is 44.5 Å². The van der Waals surface area contributed by atoms with Crippen molar-refractivity contribution < 1.29 is 9.53 Å². The van der Waals surface area contributed by atoms with Crippen molar-refractivity contribution in [3.8, 4) is 6.07 Å². The number of methoxy groups -OCH3 is 1. The summed E-state index contributed by atoms with van der Waals surface area (Å²) < 4.78 is 6.66. The molecule has 0 bridgehead atoms. The Balaban J connectivity index is 2.20. The first kappa shape index (κ1) is 17.7. The number of rotatable bonds is 7. The number of aromatic nitrogens is 2. The van der Waals surface area contributed by atoms with Gasteiger partial charge in [-0.15, -0.1) is 0 Å². The number of ether oxygens (including phenoxy) is 1. The summed E-state index contributed by atoms with van der Waals surface area (Å²) in [5.74, 6) is 0.117. The van der Waals surface area contributed by atoms with Crippen LogP contribution in [0.2, 0.25) is 0 Å². The lowest BCUT2D eigenvalue weighted by Crippen LogP contribution is -2.07. The van der Waals surface area contributed by atoms with Gasteiger partial charge in [-0.25, -0.2) is 4.79 Å². The lowest BCUT2D eigenvalue weighted by molar-refractivity contribution is 0.0599. The molecule has 1 heterocycles. The van der Waals surface area contributed by atoms with Gasteiger partial charge in [0.05, 0.1) is 31.8 Å². The van der Waals surface area contributed by atoms with E-state index in [1.807, 2.05) is 24.3 Å². The topological polar surface area (TPSA) is 67.9 Å². The minimum Gasteiger partial charge on any atom is -0.465 e. The van der Waals surface area contributed by atoms with E-state index in [0.717, 1.165) is 29.7 Å². The second-order valence-electron chi connectivity index (χ2n) is 6.05. The predicted octanol–water partition coefficient (Wildman–Crippen LogP) is 3.37. The number of nitrogens with zero attached hydrogens (tertiary/aromatic N) is 3.